The van der Waals surface area contributed by atoms with E-state index in [0.29, 0.717) is 12.1 Å². The second-order valence-corrected chi connectivity index (χ2v) is 7.60. The number of hydroxylamine groups is 1. The Morgan fingerprint density at radius 2 is 1.82 bits per heavy atom. The van der Waals surface area contributed by atoms with Gasteiger partial charge in [-0.2, -0.15) is 5.06 Å². The number of para-hydroxylation sites is 2. The van der Waals surface area contributed by atoms with Gasteiger partial charge in [-0.1, -0.05) is 30.3 Å². The Bertz CT molecular complexity index is 1150. The Morgan fingerprint density at radius 1 is 1.09 bits per heavy atom. The number of likely N-dealkylation sites (N-methyl/N-ethyl adjacent to an activating group) is 1. The van der Waals surface area contributed by atoms with Crippen LogP contribution in [-0.4, -0.2) is 43.3 Å². The molecule has 4 rings (SSSR count). The molecule has 1 N–H and O–H groups in total. The number of carbonyl (C=O) groups is 2. The number of nitrogens with zero attached hydrogens (tertiary/aromatic N) is 2. The summed E-state index contributed by atoms with van der Waals surface area (Å²) in [5.41, 5.74) is 1.43. The van der Waals surface area contributed by atoms with Crippen LogP contribution in [0.5, 0.6) is 17.2 Å². The zero-order valence-electron chi connectivity index (χ0n) is 18.3. The topological polar surface area (TPSA) is 88.5 Å². The quantitative estimate of drug-likeness (QED) is 0.349. The second-order valence-electron chi connectivity index (χ2n) is 7.60. The zero-order chi connectivity index (χ0) is 23.4. The highest BCUT2D eigenvalue weighted by Crippen LogP contribution is 2.35. The van der Waals surface area contributed by atoms with Gasteiger partial charge in [0.25, 0.3) is 5.91 Å². The first-order chi connectivity index (χ1) is 15.9. The summed E-state index contributed by atoms with van der Waals surface area (Å²) < 4.78 is 11.3. The number of rotatable bonds is 6. The molecule has 0 saturated carbocycles. The van der Waals surface area contributed by atoms with Crippen molar-refractivity contribution in [2.45, 2.75) is 13.0 Å². The van der Waals surface area contributed by atoms with E-state index in [0.717, 1.165) is 16.5 Å². The fraction of sp³-hybridized carbons (Fsp3) is 0.200. The number of phenolic OH excluding ortho intramolecular Hbond substituents is 1. The predicted molar refractivity (Wildman–Crippen MR) is 123 cm³/mol. The number of amides is 1. The number of anilines is 2. The van der Waals surface area contributed by atoms with Crippen molar-refractivity contribution >= 4 is 23.3 Å². The van der Waals surface area contributed by atoms with Crippen LogP contribution < -0.4 is 19.4 Å². The molecule has 0 radical (unpaired) electrons. The maximum Gasteiger partial charge on any atom is 0.308 e. The Kier molecular flexibility index (Phi) is 6.46. The molecule has 170 valence electrons. The predicted octanol–water partition coefficient (Wildman–Crippen LogP) is 3.79. The minimum Gasteiger partial charge on any atom is -0.508 e. The van der Waals surface area contributed by atoms with E-state index in [4.69, 9.17) is 14.3 Å². The Hall–Kier alpha value is -4.04. The zero-order valence-corrected chi connectivity index (χ0v) is 18.3. The highest BCUT2D eigenvalue weighted by molar-refractivity contribution is 6.05. The minimum absolute atomic E-state index is 0.0341. The summed E-state index contributed by atoms with van der Waals surface area (Å²) in [6, 6.07) is 20.3. The highest BCUT2D eigenvalue weighted by atomic mass is 16.7. The number of hydrogen-bond donors (Lipinski definition) is 1. The van der Waals surface area contributed by atoms with Crippen molar-refractivity contribution in [1.82, 2.24) is 0 Å². The number of carbonyl (C=O) groups excluding carboxylic acids is 2. The third-order valence-electron chi connectivity index (χ3n) is 5.06. The van der Waals surface area contributed by atoms with Crippen LogP contribution in [0.2, 0.25) is 0 Å². The molecule has 1 aliphatic rings. The van der Waals surface area contributed by atoms with E-state index >= 15 is 0 Å². The molecule has 3 aromatic rings. The van der Waals surface area contributed by atoms with Gasteiger partial charge in [0.15, 0.2) is 5.75 Å². The highest BCUT2D eigenvalue weighted by Gasteiger charge is 2.28. The summed E-state index contributed by atoms with van der Waals surface area (Å²) in [7, 11) is 1.95. The van der Waals surface area contributed by atoms with E-state index in [1.807, 2.05) is 31.3 Å². The fourth-order valence-corrected chi connectivity index (χ4v) is 3.58. The maximum atomic E-state index is 13.4. The molecule has 1 amide bonds. The van der Waals surface area contributed by atoms with Crippen molar-refractivity contribution in [3.63, 3.8) is 0 Å². The first-order valence-electron chi connectivity index (χ1n) is 10.4. The van der Waals surface area contributed by atoms with Gasteiger partial charge >= 0.3 is 5.97 Å². The molecule has 1 atom stereocenters. The van der Waals surface area contributed by atoms with Gasteiger partial charge in [-0.3, -0.25) is 14.4 Å². The van der Waals surface area contributed by atoms with Crippen LogP contribution >= 0.6 is 0 Å². The Labute approximate surface area is 191 Å². The molecule has 0 spiro atoms. The van der Waals surface area contributed by atoms with Crippen LogP contribution in [0, 0.1) is 0 Å². The van der Waals surface area contributed by atoms with E-state index in [2.05, 4.69) is 4.90 Å². The molecule has 33 heavy (non-hydrogen) atoms. The lowest BCUT2D eigenvalue weighted by molar-refractivity contribution is -0.131. The second kappa shape index (κ2) is 9.62. The van der Waals surface area contributed by atoms with Crippen LogP contribution in [-0.2, 0) is 9.63 Å². The van der Waals surface area contributed by atoms with Crippen molar-refractivity contribution in [3.05, 3.63) is 78.4 Å². The smallest absolute Gasteiger partial charge is 0.308 e. The van der Waals surface area contributed by atoms with Crippen LogP contribution in [0.3, 0.4) is 0 Å². The van der Waals surface area contributed by atoms with Crippen molar-refractivity contribution in [1.29, 1.82) is 0 Å². The molecule has 8 nitrogen and oxygen atoms in total. The third kappa shape index (κ3) is 5.07. The van der Waals surface area contributed by atoms with Gasteiger partial charge in [-0.15, -0.1) is 0 Å². The van der Waals surface area contributed by atoms with Crippen LogP contribution in [0.25, 0.3) is 0 Å². The minimum atomic E-state index is -0.567. The average Bonchev–Trinajstić information content (AvgIpc) is 2.81. The average molecular weight is 448 g/mol. The van der Waals surface area contributed by atoms with Crippen molar-refractivity contribution in [2.75, 3.05) is 30.2 Å². The van der Waals surface area contributed by atoms with Gasteiger partial charge in [0.05, 0.1) is 12.2 Å². The number of esters is 1. The fourth-order valence-electron chi connectivity index (χ4n) is 3.58. The molecular weight excluding hydrogens is 424 g/mol. The summed E-state index contributed by atoms with van der Waals surface area (Å²) in [5, 5.41) is 11.1. The Morgan fingerprint density at radius 3 is 2.58 bits per heavy atom. The molecule has 0 aromatic heterocycles. The molecule has 0 saturated heterocycles. The number of fused-ring (bicyclic) bond motifs is 1. The first-order valence-corrected chi connectivity index (χ1v) is 10.4. The molecule has 0 fully saturated rings. The largest absolute Gasteiger partial charge is 0.508 e. The van der Waals surface area contributed by atoms with Gasteiger partial charge in [0, 0.05) is 25.6 Å². The van der Waals surface area contributed by atoms with E-state index < -0.39 is 11.9 Å². The summed E-state index contributed by atoms with van der Waals surface area (Å²) in [5.74, 6) is -0.365. The third-order valence-corrected chi connectivity index (χ3v) is 5.06. The summed E-state index contributed by atoms with van der Waals surface area (Å²) in [4.78, 5) is 33.0. The van der Waals surface area contributed by atoms with Crippen molar-refractivity contribution in [2.24, 2.45) is 0 Å². The lowest BCUT2D eigenvalue weighted by atomic mass is 10.2. The van der Waals surface area contributed by atoms with Gasteiger partial charge in [-0.05, 0) is 36.4 Å². The lowest BCUT2D eigenvalue weighted by Crippen LogP contribution is -2.43. The lowest BCUT2D eigenvalue weighted by Gasteiger charge is -2.34. The number of phenols is 1. The molecule has 1 heterocycles. The molecule has 3 aromatic carbocycles. The van der Waals surface area contributed by atoms with Gasteiger partial charge in [-0.25, -0.2) is 0 Å². The normalized spacial score (nSPS) is 14.7. The molecular formula is C25H24N2O6. The summed E-state index contributed by atoms with van der Waals surface area (Å²) >= 11 is 0. The van der Waals surface area contributed by atoms with Crippen molar-refractivity contribution < 1.29 is 29.0 Å². The number of hydrogen-bond acceptors (Lipinski definition) is 7. The summed E-state index contributed by atoms with van der Waals surface area (Å²) in [6.07, 6.45) is -0.370. The van der Waals surface area contributed by atoms with Gasteiger partial charge in [0.1, 0.15) is 29.9 Å². The summed E-state index contributed by atoms with van der Waals surface area (Å²) in [6.45, 7) is 1.83. The van der Waals surface area contributed by atoms with Gasteiger partial charge in [0.2, 0.25) is 0 Å². The van der Waals surface area contributed by atoms with Crippen LogP contribution in [0.1, 0.15) is 17.3 Å². The molecule has 0 unspecified atom stereocenters. The van der Waals surface area contributed by atoms with Gasteiger partial charge < -0.3 is 19.5 Å². The van der Waals surface area contributed by atoms with E-state index in [9.17, 15) is 14.7 Å². The SMILES string of the molecule is CC(=O)Oc1ccc(O)cc1N(OC[C@@H]1CN(C)c2ccccc2O1)C(=O)c1ccccc1. The van der Waals surface area contributed by atoms with Crippen LogP contribution in [0.4, 0.5) is 11.4 Å². The maximum absolute atomic E-state index is 13.4. The molecule has 1 aliphatic heterocycles. The van der Waals surface area contributed by atoms with E-state index in [1.54, 1.807) is 30.3 Å². The first kappa shape index (κ1) is 22.2. The molecule has 8 heteroatoms. The Balaban J connectivity index is 1.63. The molecule has 0 bridgehead atoms. The van der Waals surface area contributed by atoms with Crippen molar-refractivity contribution in [3.8, 4) is 17.2 Å². The van der Waals surface area contributed by atoms with E-state index in [-0.39, 0.29) is 29.9 Å². The molecule has 0 aliphatic carbocycles. The number of aromatic hydroxyl groups is 1. The number of ether oxygens (including phenoxy) is 2. The van der Waals surface area contributed by atoms with Crippen LogP contribution in [0.15, 0.2) is 72.8 Å². The number of benzene rings is 3. The standard InChI is InChI=1S/C25H24N2O6/c1-17(28)32-24-13-12-19(29)14-22(24)27(25(30)18-8-4-3-5-9-18)31-16-20-15-26(2)21-10-6-7-11-23(21)33-20/h3-14,20,29H,15-16H2,1-2H3/t20-/m0/s1. The monoisotopic (exact) mass is 448 g/mol. The van der Waals surface area contributed by atoms with E-state index in [1.165, 1.54) is 25.1 Å².